The molecule has 0 spiro atoms. The number of hydrogen-bond donors (Lipinski definition) is 1. The number of carbonyl (C=O) groups is 1. The molecule has 0 aliphatic heterocycles. The second kappa shape index (κ2) is 5.76. The molecular weight excluding hydrogens is 254 g/mol. The van der Waals surface area contributed by atoms with Crippen LogP contribution in [-0.2, 0) is 9.53 Å². The number of hydrogen-bond acceptors (Lipinski definition) is 8. The Morgan fingerprint density at radius 2 is 2.32 bits per heavy atom. The van der Waals surface area contributed by atoms with Gasteiger partial charge in [-0.1, -0.05) is 9.94 Å². The van der Waals surface area contributed by atoms with E-state index in [9.17, 15) is 10.0 Å². The molecular formula is C10H11N5O4. The second-order valence-electron chi connectivity index (χ2n) is 3.29. The quantitative estimate of drug-likeness (QED) is 0.589. The second-order valence-corrected chi connectivity index (χ2v) is 3.29. The summed E-state index contributed by atoms with van der Waals surface area (Å²) in [6.45, 7) is 1.61. The fourth-order valence-electron chi connectivity index (χ4n) is 1.25. The van der Waals surface area contributed by atoms with Crippen molar-refractivity contribution in [3.05, 3.63) is 18.6 Å². The molecule has 9 heteroatoms. The van der Waals surface area contributed by atoms with Crippen molar-refractivity contribution in [2.45, 2.75) is 6.92 Å². The van der Waals surface area contributed by atoms with Crippen molar-refractivity contribution >= 4 is 5.97 Å². The van der Waals surface area contributed by atoms with E-state index in [1.807, 2.05) is 0 Å². The fraction of sp³-hybridized carbons (Fsp3) is 0.300. The Hall–Kier alpha value is -2.71. The van der Waals surface area contributed by atoms with Gasteiger partial charge in [0.25, 0.3) is 0 Å². The van der Waals surface area contributed by atoms with Gasteiger partial charge in [0.2, 0.25) is 5.82 Å². The zero-order chi connectivity index (χ0) is 13.7. The van der Waals surface area contributed by atoms with Crippen molar-refractivity contribution in [1.29, 1.82) is 0 Å². The third-order valence-corrected chi connectivity index (χ3v) is 1.99. The van der Waals surface area contributed by atoms with Crippen LogP contribution in [0.5, 0.6) is 6.01 Å². The minimum absolute atomic E-state index is 0.0620. The first-order chi connectivity index (χ1) is 9.20. The van der Waals surface area contributed by atoms with Crippen LogP contribution in [0, 0.1) is 0 Å². The van der Waals surface area contributed by atoms with Gasteiger partial charge >= 0.3 is 12.0 Å². The third-order valence-electron chi connectivity index (χ3n) is 1.99. The lowest BCUT2D eigenvalue weighted by Crippen LogP contribution is -2.15. The van der Waals surface area contributed by atoms with E-state index < -0.39 is 5.97 Å². The summed E-state index contributed by atoms with van der Waals surface area (Å²) < 4.78 is 9.65. The minimum Gasteiger partial charge on any atom is -0.463 e. The fourth-order valence-corrected chi connectivity index (χ4v) is 1.25. The Morgan fingerprint density at radius 1 is 1.47 bits per heavy atom. The van der Waals surface area contributed by atoms with Crippen molar-refractivity contribution in [2.75, 3.05) is 13.2 Å². The molecule has 0 atom stereocenters. The number of ether oxygens (including phenoxy) is 2. The molecule has 0 saturated carbocycles. The topological polar surface area (TPSA) is 112 Å². The molecule has 0 fully saturated rings. The molecule has 0 saturated heterocycles. The zero-order valence-corrected chi connectivity index (χ0v) is 10.1. The summed E-state index contributed by atoms with van der Waals surface area (Å²) in [5.74, 6) is -0.482. The van der Waals surface area contributed by atoms with Gasteiger partial charge in [0.05, 0.1) is 12.8 Å². The molecule has 0 aliphatic carbocycles. The summed E-state index contributed by atoms with van der Waals surface area (Å²) in [7, 11) is 0. The normalized spacial score (nSPS) is 10.2. The molecule has 2 heterocycles. The SMILES string of the molecule is CCOC(=O)COc1nc(-c2cnccn2)n(O)n1. The van der Waals surface area contributed by atoms with Crippen LogP contribution in [0.1, 0.15) is 6.92 Å². The third kappa shape index (κ3) is 3.15. The van der Waals surface area contributed by atoms with Gasteiger partial charge in [-0.25, -0.2) is 9.78 Å². The molecule has 0 aromatic carbocycles. The molecule has 0 unspecified atom stereocenters. The van der Waals surface area contributed by atoms with Crippen molar-refractivity contribution in [2.24, 2.45) is 0 Å². The number of aromatic nitrogens is 5. The summed E-state index contributed by atoms with van der Waals surface area (Å²) in [6.07, 6.45) is 4.34. The maximum atomic E-state index is 11.1. The van der Waals surface area contributed by atoms with Crippen LogP contribution in [0.2, 0.25) is 0 Å². The van der Waals surface area contributed by atoms with E-state index in [1.165, 1.54) is 18.6 Å². The lowest BCUT2D eigenvalue weighted by Gasteiger charge is -2.00. The summed E-state index contributed by atoms with van der Waals surface area (Å²) in [6, 6.07) is -0.156. The number of carbonyl (C=O) groups excluding carboxylic acids is 1. The first-order valence-corrected chi connectivity index (χ1v) is 5.42. The van der Waals surface area contributed by atoms with Gasteiger partial charge in [-0.2, -0.15) is 4.98 Å². The van der Waals surface area contributed by atoms with Crippen molar-refractivity contribution in [3.63, 3.8) is 0 Å². The summed E-state index contributed by atoms with van der Waals surface area (Å²) in [4.78, 5) is 23.3. The Labute approximate surface area is 107 Å². The molecule has 0 amide bonds. The van der Waals surface area contributed by atoms with Crippen LogP contribution < -0.4 is 4.74 Å². The van der Waals surface area contributed by atoms with Crippen LogP contribution in [-0.4, -0.2) is 49.3 Å². The van der Waals surface area contributed by atoms with Crippen molar-refractivity contribution in [1.82, 2.24) is 24.9 Å². The largest absolute Gasteiger partial charge is 0.463 e. The predicted molar refractivity (Wildman–Crippen MR) is 60.4 cm³/mol. The standard InChI is InChI=1S/C10H11N5O4/c1-2-18-8(16)6-19-10-13-9(15(17)14-10)7-5-11-3-4-12-7/h3-5,17H,2,6H2,1H3. The summed E-state index contributed by atoms with van der Waals surface area (Å²) in [5.41, 5.74) is 0.323. The molecule has 0 bridgehead atoms. The van der Waals surface area contributed by atoms with Crippen LogP contribution in [0.25, 0.3) is 11.5 Å². The Morgan fingerprint density at radius 3 is 3.00 bits per heavy atom. The van der Waals surface area contributed by atoms with Gasteiger partial charge in [0.15, 0.2) is 6.61 Å². The highest BCUT2D eigenvalue weighted by Crippen LogP contribution is 2.14. The van der Waals surface area contributed by atoms with Gasteiger partial charge in [-0.15, -0.1) is 0 Å². The van der Waals surface area contributed by atoms with E-state index >= 15 is 0 Å². The van der Waals surface area contributed by atoms with Gasteiger partial charge in [-0.05, 0) is 6.92 Å². The minimum atomic E-state index is -0.544. The maximum Gasteiger partial charge on any atom is 0.344 e. The van der Waals surface area contributed by atoms with Crippen LogP contribution in [0.4, 0.5) is 0 Å². The van der Waals surface area contributed by atoms with Crippen LogP contribution in [0.15, 0.2) is 18.6 Å². The van der Waals surface area contributed by atoms with E-state index in [0.29, 0.717) is 10.5 Å². The van der Waals surface area contributed by atoms with Gasteiger partial charge in [-0.3, -0.25) is 4.98 Å². The molecule has 9 nitrogen and oxygen atoms in total. The predicted octanol–water partition coefficient (Wildman–Crippen LogP) is -0.0857. The van der Waals surface area contributed by atoms with Gasteiger partial charge in [0.1, 0.15) is 5.69 Å². The first-order valence-electron chi connectivity index (χ1n) is 5.42. The smallest absolute Gasteiger partial charge is 0.344 e. The molecule has 100 valence electrons. The maximum absolute atomic E-state index is 11.1. The molecule has 0 radical (unpaired) electrons. The number of esters is 1. The highest BCUT2D eigenvalue weighted by Gasteiger charge is 2.15. The van der Waals surface area contributed by atoms with Gasteiger partial charge in [0, 0.05) is 12.4 Å². The van der Waals surface area contributed by atoms with Crippen LogP contribution >= 0.6 is 0 Å². The van der Waals surface area contributed by atoms with E-state index in [1.54, 1.807) is 6.92 Å². The van der Waals surface area contributed by atoms with Crippen molar-refractivity contribution in [3.8, 4) is 17.5 Å². The van der Waals surface area contributed by atoms with E-state index in [0.717, 1.165) is 0 Å². The lowest BCUT2D eigenvalue weighted by atomic mass is 10.4. The van der Waals surface area contributed by atoms with E-state index in [-0.39, 0.29) is 25.0 Å². The van der Waals surface area contributed by atoms with E-state index in [4.69, 9.17) is 4.74 Å². The number of rotatable bonds is 5. The van der Waals surface area contributed by atoms with Gasteiger partial charge < -0.3 is 14.7 Å². The Kier molecular flexibility index (Phi) is 3.86. The Balaban J connectivity index is 2.07. The summed E-state index contributed by atoms with van der Waals surface area (Å²) >= 11 is 0. The molecule has 2 aromatic rings. The van der Waals surface area contributed by atoms with Crippen molar-refractivity contribution < 1.29 is 19.5 Å². The lowest BCUT2D eigenvalue weighted by molar-refractivity contribution is -0.145. The monoisotopic (exact) mass is 265 g/mol. The highest BCUT2D eigenvalue weighted by atomic mass is 16.6. The summed E-state index contributed by atoms with van der Waals surface area (Å²) in [5, 5.41) is 13.1. The Bertz CT molecular complexity index is 556. The molecule has 2 rings (SSSR count). The first kappa shape index (κ1) is 12.7. The molecule has 19 heavy (non-hydrogen) atoms. The average molecular weight is 265 g/mol. The molecule has 1 N–H and O–H groups in total. The van der Waals surface area contributed by atoms with E-state index in [2.05, 4.69) is 24.8 Å². The average Bonchev–Trinajstić information content (AvgIpc) is 2.79. The molecule has 2 aromatic heterocycles. The molecule has 0 aliphatic rings. The number of nitrogens with zero attached hydrogens (tertiary/aromatic N) is 5. The zero-order valence-electron chi connectivity index (χ0n) is 10.1. The highest BCUT2D eigenvalue weighted by molar-refractivity contribution is 5.70. The van der Waals surface area contributed by atoms with Crippen LogP contribution in [0.3, 0.4) is 0 Å².